The molecule has 5 nitrogen and oxygen atoms in total. The molecule has 130 valence electrons. The van der Waals surface area contributed by atoms with E-state index in [4.69, 9.17) is 9.15 Å². The Morgan fingerprint density at radius 3 is 2.76 bits per heavy atom. The fraction of sp³-hybridized carbons (Fsp3) is 0.278. The fourth-order valence-corrected chi connectivity index (χ4v) is 4.41. The Morgan fingerprint density at radius 1 is 1.24 bits per heavy atom. The minimum atomic E-state index is -0.0942. The molecule has 0 amide bonds. The van der Waals surface area contributed by atoms with E-state index in [1.54, 1.807) is 18.2 Å². The van der Waals surface area contributed by atoms with Gasteiger partial charge in [-0.05, 0) is 40.2 Å². The van der Waals surface area contributed by atoms with Crippen LogP contribution in [0.25, 0.3) is 11.0 Å². The van der Waals surface area contributed by atoms with Gasteiger partial charge < -0.3 is 14.3 Å². The Labute approximate surface area is 156 Å². The van der Waals surface area contributed by atoms with Crippen molar-refractivity contribution in [2.45, 2.75) is 6.54 Å². The van der Waals surface area contributed by atoms with Crippen molar-refractivity contribution in [3.63, 3.8) is 0 Å². The highest BCUT2D eigenvalue weighted by molar-refractivity contribution is 9.11. The summed E-state index contributed by atoms with van der Waals surface area (Å²) < 4.78 is 11.9. The number of benzene rings is 1. The van der Waals surface area contributed by atoms with Gasteiger partial charge >= 0.3 is 0 Å². The molecule has 4 rings (SSSR count). The molecule has 0 aliphatic carbocycles. The van der Waals surface area contributed by atoms with E-state index in [2.05, 4.69) is 20.8 Å². The summed E-state index contributed by atoms with van der Waals surface area (Å²) in [7, 11) is 0. The minimum absolute atomic E-state index is 0.0942. The number of phenolic OH excluding ortho intramolecular Hbond substituents is 1. The van der Waals surface area contributed by atoms with Crippen molar-refractivity contribution in [2.24, 2.45) is 0 Å². The van der Waals surface area contributed by atoms with E-state index < -0.39 is 0 Å². The summed E-state index contributed by atoms with van der Waals surface area (Å²) in [4.78, 5) is 15.7. The predicted octanol–water partition coefficient (Wildman–Crippen LogP) is 4.03. The second kappa shape index (κ2) is 6.92. The third-order valence-electron chi connectivity index (χ3n) is 4.35. The van der Waals surface area contributed by atoms with Gasteiger partial charge in [0.25, 0.3) is 0 Å². The maximum absolute atomic E-state index is 12.9. The second-order valence-electron chi connectivity index (χ2n) is 5.91. The molecule has 0 radical (unpaired) electrons. The number of phenols is 1. The molecular formula is C18H16BrNO4S. The SMILES string of the molecule is O=C(c1ccc(Br)s1)c1coc2ccc(O)c(CN3CCOCC3)c12. The number of rotatable bonds is 4. The van der Waals surface area contributed by atoms with Gasteiger partial charge in [-0.3, -0.25) is 9.69 Å². The van der Waals surface area contributed by atoms with E-state index in [0.29, 0.717) is 41.2 Å². The molecule has 3 heterocycles. The van der Waals surface area contributed by atoms with Gasteiger partial charge in [0.1, 0.15) is 17.6 Å². The average molecular weight is 422 g/mol. The Bertz CT molecular complexity index is 926. The lowest BCUT2D eigenvalue weighted by Crippen LogP contribution is -2.35. The van der Waals surface area contributed by atoms with Crippen LogP contribution in [0.15, 0.2) is 38.7 Å². The lowest BCUT2D eigenvalue weighted by Gasteiger charge is -2.27. The molecule has 1 aromatic carbocycles. The van der Waals surface area contributed by atoms with Crippen molar-refractivity contribution in [3.8, 4) is 5.75 Å². The van der Waals surface area contributed by atoms with Gasteiger partial charge in [-0.1, -0.05) is 0 Å². The molecule has 0 spiro atoms. The van der Waals surface area contributed by atoms with Crippen LogP contribution in [0.5, 0.6) is 5.75 Å². The first-order valence-corrected chi connectivity index (χ1v) is 9.56. The summed E-state index contributed by atoms with van der Waals surface area (Å²) in [5.74, 6) is 0.0880. The van der Waals surface area contributed by atoms with E-state index >= 15 is 0 Å². The van der Waals surface area contributed by atoms with Gasteiger partial charge in [0.15, 0.2) is 0 Å². The smallest absolute Gasteiger partial charge is 0.206 e. The average Bonchev–Trinajstić information content (AvgIpc) is 3.24. The lowest BCUT2D eigenvalue weighted by atomic mass is 10.0. The number of aromatic hydroxyl groups is 1. The molecule has 1 N–H and O–H groups in total. The number of furan rings is 1. The molecule has 1 saturated heterocycles. The number of hydrogen-bond donors (Lipinski definition) is 1. The normalized spacial score (nSPS) is 15.7. The number of halogens is 1. The number of carbonyl (C=O) groups excluding carboxylic acids is 1. The third kappa shape index (κ3) is 3.25. The first-order valence-electron chi connectivity index (χ1n) is 7.95. The highest BCUT2D eigenvalue weighted by Crippen LogP contribution is 2.35. The van der Waals surface area contributed by atoms with Gasteiger partial charge in [-0.15, -0.1) is 11.3 Å². The van der Waals surface area contributed by atoms with Gasteiger partial charge in [-0.2, -0.15) is 0 Å². The molecule has 1 aliphatic rings. The minimum Gasteiger partial charge on any atom is -0.508 e. The summed E-state index contributed by atoms with van der Waals surface area (Å²) in [5.41, 5.74) is 1.83. The van der Waals surface area contributed by atoms with Crippen LogP contribution >= 0.6 is 27.3 Å². The molecule has 0 atom stereocenters. The van der Waals surface area contributed by atoms with E-state index in [1.807, 2.05) is 6.07 Å². The standard InChI is InChI=1S/C18H16BrNO4S/c19-16-4-3-15(25-16)18(22)12-10-24-14-2-1-13(21)11(17(12)14)9-20-5-7-23-8-6-20/h1-4,10,21H,5-9H2. The Hall–Kier alpha value is -1.67. The largest absolute Gasteiger partial charge is 0.508 e. The van der Waals surface area contributed by atoms with Crippen LogP contribution in [0.2, 0.25) is 0 Å². The zero-order valence-corrected chi connectivity index (χ0v) is 15.7. The molecule has 7 heteroatoms. The van der Waals surface area contributed by atoms with Crippen molar-refractivity contribution < 1.29 is 19.1 Å². The van der Waals surface area contributed by atoms with E-state index in [-0.39, 0.29) is 11.5 Å². The molecule has 0 bridgehead atoms. The van der Waals surface area contributed by atoms with Gasteiger partial charge in [0, 0.05) is 30.6 Å². The zero-order chi connectivity index (χ0) is 17.4. The van der Waals surface area contributed by atoms with Crippen LogP contribution in [0.3, 0.4) is 0 Å². The summed E-state index contributed by atoms with van der Waals surface area (Å²) in [6.07, 6.45) is 1.49. The Kier molecular flexibility index (Phi) is 4.64. The van der Waals surface area contributed by atoms with Crippen LogP contribution in [0, 0.1) is 0 Å². The van der Waals surface area contributed by atoms with Gasteiger partial charge in [-0.25, -0.2) is 0 Å². The quantitative estimate of drug-likeness (QED) is 0.644. The molecule has 0 unspecified atom stereocenters. The summed E-state index contributed by atoms with van der Waals surface area (Å²) in [6, 6.07) is 6.97. The molecule has 3 aromatic rings. The number of ether oxygens (including phenoxy) is 1. The maximum Gasteiger partial charge on any atom is 0.206 e. The van der Waals surface area contributed by atoms with Crippen molar-refractivity contribution in [1.29, 1.82) is 0 Å². The zero-order valence-electron chi connectivity index (χ0n) is 13.3. The number of ketones is 1. The third-order valence-corrected chi connectivity index (χ3v) is 5.97. The van der Waals surface area contributed by atoms with E-state index in [9.17, 15) is 9.90 Å². The molecular weight excluding hydrogens is 406 g/mol. The predicted molar refractivity (Wildman–Crippen MR) is 99.4 cm³/mol. The van der Waals surface area contributed by atoms with Crippen LogP contribution in [-0.2, 0) is 11.3 Å². The first-order chi connectivity index (χ1) is 12.1. The lowest BCUT2D eigenvalue weighted by molar-refractivity contribution is 0.0340. The molecule has 1 aliphatic heterocycles. The van der Waals surface area contributed by atoms with Crippen LogP contribution in [0.4, 0.5) is 0 Å². The highest BCUT2D eigenvalue weighted by Gasteiger charge is 2.23. The second-order valence-corrected chi connectivity index (χ2v) is 8.37. The van der Waals surface area contributed by atoms with Crippen molar-refractivity contribution >= 4 is 44.0 Å². The van der Waals surface area contributed by atoms with Crippen LogP contribution in [-0.4, -0.2) is 42.1 Å². The van der Waals surface area contributed by atoms with Crippen LogP contribution < -0.4 is 0 Å². The van der Waals surface area contributed by atoms with Crippen LogP contribution in [0.1, 0.15) is 20.8 Å². The van der Waals surface area contributed by atoms with Gasteiger partial charge in [0.05, 0.1) is 27.4 Å². The monoisotopic (exact) mass is 421 g/mol. The van der Waals surface area contributed by atoms with Crippen molar-refractivity contribution in [2.75, 3.05) is 26.3 Å². The molecule has 1 fully saturated rings. The Balaban J connectivity index is 1.77. The topological polar surface area (TPSA) is 62.9 Å². The maximum atomic E-state index is 12.9. The fourth-order valence-electron chi connectivity index (χ4n) is 3.07. The van der Waals surface area contributed by atoms with E-state index in [0.717, 1.165) is 22.4 Å². The molecule has 2 aromatic heterocycles. The number of carbonyl (C=O) groups is 1. The number of nitrogens with zero attached hydrogens (tertiary/aromatic N) is 1. The van der Waals surface area contributed by atoms with Gasteiger partial charge in [0.2, 0.25) is 5.78 Å². The molecule has 0 saturated carbocycles. The van der Waals surface area contributed by atoms with Crippen molar-refractivity contribution in [3.05, 3.63) is 50.3 Å². The Morgan fingerprint density at radius 2 is 2.04 bits per heavy atom. The highest BCUT2D eigenvalue weighted by atomic mass is 79.9. The number of fused-ring (bicyclic) bond motifs is 1. The number of thiophene rings is 1. The summed E-state index contributed by atoms with van der Waals surface area (Å²) >= 11 is 4.77. The number of morpholine rings is 1. The van der Waals surface area contributed by atoms with Crippen molar-refractivity contribution in [1.82, 2.24) is 4.90 Å². The summed E-state index contributed by atoms with van der Waals surface area (Å²) in [5, 5.41) is 11.1. The number of hydrogen-bond acceptors (Lipinski definition) is 6. The summed E-state index contributed by atoms with van der Waals surface area (Å²) in [6.45, 7) is 3.51. The van der Waals surface area contributed by atoms with E-state index in [1.165, 1.54) is 17.6 Å². The molecule has 25 heavy (non-hydrogen) atoms. The first kappa shape index (κ1) is 16.8.